The zero-order valence-corrected chi connectivity index (χ0v) is 9.96. The first-order chi connectivity index (χ1) is 6.15. The number of thiophene rings is 1. The molecule has 2 heteroatoms. The van der Waals surface area contributed by atoms with Gasteiger partial charge in [0.2, 0.25) is 0 Å². The SMILES string of the molecule is C/C=C(/N)c1sc(C)cc1C.CC. The summed E-state index contributed by atoms with van der Waals surface area (Å²) >= 11 is 1.75. The van der Waals surface area contributed by atoms with Gasteiger partial charge in [-0.2, -0.15) is 0 Å². The van der Waals surface area contributed by atoms with Gasteiger partial charge in [-0.15, -0.1) is 11.3 Å². The lowest BCUT2D eigenvalue weighted by molar-refractivity contribution is 1.45. The minimum Gasteiger partial charge on any atom is -0.398 e. The molecule has 0 spiro atoms. The van der Waals surface area contributed by atoms with E-state index in [-0.39, 0.29) is 0 Å². The van der Waals surface area contributed by atoms with E-state index in [0.29, 0.717) is 0 Å². The Labute approximate surface area is 85.3 Å². The Balaban J connectivity index is 0.000000671. The van der Waals surface area contributed by atoms with E-state index in [0.717, 1.165) is 5.70 Å². The molecule has 0 saturated carbocycles. The second kappa shape index (κ2) is 5.81. The maximum atomic E-state index is 5.78. The van der Waals surface area contributed by atoms with Crippen LogP contribution in [0.15, 0.2) is 12.1 Å². The first-order valence-electron chi connectivity index (χ1n) is 4.64. The van der Waals surface area contributed by atoms with Gasteiger partial charge in [0.15, 0.2) is 0 Å². The summed E-state index contributed by atoms with van der Waals surface area (Å²) in [5, 5.41) is 0. The number of nitrogens with two attached hydrogens (primary N) is 1. The molecule has 2 N–H and O–H groups in total. The monoisotopic (exact) mass is 197 g/mol. The molecule has 1 rings (SSSR count). The van der Waals surface area contributed by atoms with Gasteiger partial charge in [0.1, 0.15) is 0 Å². The van der Waals surface area contributed by atoms with E-state index in [2.05, 4.69) is 19.9 Å². The van der Waals surface area contributed by atoms with Gasteiger partial charge < -0.3 is 5.73 Å². The predicted molar refractivity (Wildman–Crippen MR) is 63.0 cm³/mol. The van der Waals surface area contributed by atoms with Crippen LogP contribution < -0.4 is 5.73 Å². The summed E-state index contributed by atoms with van der Waals surface area (Å²) < 4.78 is 0. The van der Waals surface area contributed by atoms with Crippen LogP contribution in [0.4, 0.5) is 0 Å². The first kappa shape index (κ1) is 12.2. The molecular weight excluding hydrogens is 178 g/mol. The van der Waals surface area contributed by atoms with Gasteiger partial charge in [-0.25, -0.2) is 0 Å². The Bertz CT molecular complexity index is 284. The molecule has 0 aromatic carbocycles. The molecule has 0 saturated heterocycles. The largest absolute Gasteiger partial charge is 0.398 e. The molecule has 13 heavy (non-hydrogen) atoms. The molecule has 0 atom stereocenters. The van der Waals surface area contributed by atoms with Gasteiger partial charge >= 0.3 is 0 Å². The molecule has 0 fully saturated rings. The van der Waals surface area contributed by atoms with E-state index in [1.165, 1.54) is 15.3 Å². The minimum atomic E-state index is 0.889. The van der Waals surface area contributed by atoms with Crippen molar-refractivity contribution in [2.75, 3.05) is 0 Å². The molecule has 0 aliphatic carbocycles. The van der Waals surface area contributed by atoms with Crippen molar-refractivity contribution >= 4 is 17.0 Å². The Morgan fingerprint density at radius 1 is 1.38 bits per heavy atom. The molecular formula is C11H19NS. The summed E-state index contributed by atoms with van der Waals surface area (Å²) in [6.45, 7) is 10.2. The quantitative estimate of drug-likeness (QED) is 0.729. The molecule has 1 heterocycles. The summed E-state index contributed by atoms with van der Waals surface area (Å²) in [6.07, 6.45) is 1.94. The van der Waals surface area contributed by atoms with Gasteiger partial charge in [-0.1, -0.05) is 19.9 Å². The third kappa shape index (κ3) is 3.23. The van der Waals surface area contributed by atoms with Gasteiger partial charge in [-0.05, 0) is 32.4 Å². The van der Waals surface area contributed by atoms with E-state index < -0.39 is 0 Å². The maximum Gasteiger partial charge on any atom is 0.0528 e. The zero-order valence-electron chi connectivity index (χ0n) is 9.14. The van der Waals surface area contributed by atoms with Crippen molar-refractivity contribution in [3.8, 4) is 0 Å². The molecule has 0 aliphatic heterocycles. The van der Waals surface area contributed by atoms with Gasteiger partial charge in [0.05, 0.1) is 4.88 Å². The molecule has 0 amide bonds. The van der Waals surface area contributed by atoms with Crippen molar-refractivity contribution in [2.45, 2.75) is 34.6 Å². The highest BCUT2D eigenvalue weighted by Gasteiger charge is 2.03. The lowest BCUT2D eigenvalue weighted by Gasteiger charge is -1.96. The standard InChI is InChI=1S/C9H13NS.C2H6/c1-4-8(10)9-6(2)5-7(3)11-9;1-2/h4-5H,10H2,1-3H3;1-2H3/b8-4+;. The fourth-order valence-electron chi connectivity index (χ4n) is 1.06. The van der Waals surface area contributed by atoms with Crippen molar-refractivity contribution < 1.29 is 0 Å². The van der Waals surface area contributed by atoms with Crippen LogP contribution in [0.25, 0.3) is 5.70 Å². The summed E-state index contributed by atoms with van der Waals surface area (Å²) in [4.78, 5) is 2.53. The topological polar surface area (TPSA) is 26.0 Å². The normalized spacial score (nSPS) is 10.7. The van der Waals surface area contributed by atoms with Crippen molar-refractivity contribution in [3.63, 3.8) is 0 Å². The van der Waals surface area contributed by atoms with Crippen LogP contribution in [0.1, 0.15) is 36.1 Å². The van der Waals surface area contributed by atoms with Crippen LogP contribution in [0, 0.1) is 13.8 Å². The molecule has 0 unspecified atom stereocenters. The highest BCUT2D eigenvalue weighted by Crippen LogP contribution is 2.25. The smallest absolute Gasteiger partial charge is 0.0528 e. The van der Waals surface area contributed by atoms with Crippen molar-refractivity contribution in [3.05, 3.63) is 27.5 Å². The second-order valence-corrected chi connectivity index (χ2v) is 3.87. The molecule has 1 aromatic heterocycles. The fraction of sp³-hybridized carbons (Fsp3) is 0.455. The first-order valence-corrected chi connectivity index (χ1v) is 5.46. The lowest BCUT2D eigenvalue weighted by atomic mass is 10.2. The van der Waals surface area contributed by atoms with E-state index in [9.17, 15) is 0 Å². The Morgan fingerprint density at radius 3 is 2.23 bits per heavy atom. The lowest BCUT2D eigenvalue weighted by Crippen LogP contribution is -1.93. The molecule has 1 aromatic rings. The number of aryl methyl sites for hydroxylation is 2. The molecule has 74 valence electrons. The van der Waals surface area contributed by atoms with E-state index in [1.54, 1.807) is 11.3 Å². The summed E-state index contributed by atoms with van der Waals surface area (Å²) in [6, 6.07) is 2.16. The van der Waals surface area contributed by atoms with E-state index in [4.69, 9.17) is 5.73 Å². The number of rotatable bonds is 1. The maximum absolute atomic E-state index is 5.78. The van der Waals surface area contributed by atoms with Crippen molar-refractivity contribution in [1.82, 2.24) is 0 Å². The third-order valence-corrected chi connectivity index (χ3v) is 2.82. The van der Waals surface area contributed by atoms with Crippen molar-refractivity contribution in [2.24, 2.45) is 5.73 Å². The molecule has 0 bridgehead atoms. The highest BCUT2D eigenvalue weighted by molar-refractivity contribution is 7.13. The van der Waals surface area contributed by atoms with Gasteiger partial charge in [0.25, 0.3) is 0 Å². The van der Waals surface area contributed by atoms with Gasteiger partial charge in [0, 0.05) is 10.6 Å². The summed E-state index contributed by atoms with van der Waals surface area (Å²) in [7, 11) is 0. The van der Waals surface area contributed by atoms with E-state index >= 15 is 0 Å². The molecule has 0 radical (unpaired) electrons. The Kier molecular flexibility index (Phi) is 5.47. The Morgan fingerprint density at radius 2 is 1.92 bits per heavy atom. The summed E-state index contributed by atoms with van der Waals surface area (Å²) in [5.74, 6) is 0. The summed E-state index contributed by atoms with van der Waals surface area (Å²) in [5.41, 5.74) is 7.95. The van der Waals surface area contributed by atoms with Crippen LogP contribution in [0.2, 0.25) is 0 Å². The van der Waals surface area contributed by atoms with E-state index in [1.807, 2.05) is 26.8 Å². The van der Waals surface area contributed by atoms with Crippen LogP contribution in [-0.4, -0.2) is 0 Å². The minimum absolute atomic E-state index is 0.889. The number of allylic oxidation sites excluding steroid dienone is 1. The fourth-order valence-corrected chi connectivity index (χ4v) is 2.07. The highest BCUT2D eigenvalue weighted by atomic mass is 32.1. The average Bonchev–Trinajstić information content (AvgIpc) is 2.47. The molecule has 1 nitrogen and oxygen atoms in total. The predicted octanol–water partition coefficient (Wildman–Crippen LogP) is 3.71. The van der Waals surface area contributed by atoms with Crippen LogP contribution in [0.5, 0.6) is 0 Å². The number of hydrogen-bond acceptors (Lipinski definition) is 2. The third-order valence-electron chi connectivity index (χ3n) is 1.61. The molecule has 0 aliphatic rings. The van der Waals surface area contributed by atoms with Crippen LogP contribution >= 0.6 is 11.3 Å². The van der Waals surface area contributed by atoms with Crippen LogP contribution in [0.3, 0.4) is 0 Å². The Hall–Kier alpha value is -0.760. The average molecular weight is 197 g/mol. The van der Waals surface area contributed by atoms with Crippen molar-refractivity contribution in [1.29, 1.82) is 0 Å². The number of hydrogen-bond donors (Lipinski definition) is 1. The van der Waals surface area contributed by atoms with Crippen LogP contribution in [-0.2, 0) is 0 Å². The van der Waals surface area contributed by atoms with Gasteiger partial charge in [-0.3, -0.25) is 0 Å². The zero-order chi connectivity index (χ0) is 10.4. The second-order valence-electron chi connectivity index (χ2n) is 2.61.